The molecule has 0 radical (unpaired) electrons. The number of hydrogen-bond donors (Lipinski definition) is 2. The van der Waals surface area contributed by atoms with Crippen LogP contribution in [0.5, 0.6) is 11.5 Å². The van der Waals surface area contributed by atoms with Crippen molar-refractivity contribution in [1.29, 1.82) is 0 Å². The van der Waals surface area contributed by atoms with E-state index in [0.29, 0.717) is 0 Å². The molecule has 0 saturated carbocycles. The Morgan fingerprint density at radius 3 is 2.62 bits per heavy atom. The van der Waals surface area contributed by atoms with Gasteiger partial charge in [-0.1, -0.05) is 23.2 Å². The molecular formula is C10H8Cl2O4. The summed E-state index contributed by atoms with van der Waals surface area (Å²) in [6.45, 7) is 0. The Balaban J connectivity index is 3.30. The van der Waals surface area contributed by atoms with Gasteiger partial charge in [-0.15, -0.1) is 0 Å². The highest BCUT2D eigenvalue weighted by Crippen LogP contribution is 2.41. The summed E-state index contributed by atoms with van der Waals surface area (Å²) in [4.78, 5) is 10.3. The monoisotopic (exact) mass is 262 g/mol. The lowest BCUT2D eigenvalue weighted by Gasteiger charge is -2.09. The van der Waals surface area contributed by atoms with Crippen LogP contribution in [0.15, 0.2) is 12.1 Å². The molecule has 0 aliphatic carbocycles. The number of hydrogen-bond acceptors (Lipinski definition) is 3. The molecule has 1 aromatic carbocycles. The molecule has 0 amide bonds. The number of aliphatic carboxylic acids is 1. The Morgan fingerprint density at radius 1 is 1.50 bits per heavy atom. The second-order valence-corrected chi connectivity index (χ2v) is 3.59. The van der Waals surface area contributed by atoms with Crippen molar-refractivity contribution in [3.05, 3.63) is 27.8 Å². The van der Waals surface area contributed by atoms with E-state index < -0.39 is 5.97 Å². The van der Waals surface area contributed by atoms with Crippen LogP contribution in [0, 0.1) is 0 Å². The summed E-state index contributed by atoms with van der Waals surface area (Å²) < 4.78 is 4.83. The van der Waals surface area contributed by atoms with Crippen LogP contribution in [0.1, 0.15) is 5.56 Å². The minimum Gasteiger partial charge on any atom is -0.503 e. The van der Waals surface area contributed by atoms with Crippen molar-refractivity contribution in [2.75, 3.05) is 7.11 Å². The van der Waals surface area contributed by atoms with Gasteiger partial charge in [0.05, 0.1) is 17.2 Å². The SMILES string of the molecule is COc1cc(Cl)c(/C=C/C(=O)O)c(Cl)c1O. The number of methoxy groups -OCH3 is 1. The zero-order valence-electron chi connectivity index (χ0n) is 8.20. The molecule has 2 N–H and O–H groups in total. The van der Waals surface area contributed by atoms with Gasteiger partial charge in [0.1, 0.15) is 0 Å². The standard InChI is InChI=1S/C10H8Cl2O4/c1-16-7-4-6(11)5(2-3-8(13)14)9(12)10(7)15/h2-4,15H,1H3,(H,13,14)/b3-2+. The van der Waals surface area contributed by atoms with Crippen LogP contribution >= 0.6 is 23.2 Å². The molecular weight excluding hydrogens is 255 g/mol. The quantitative estimate of drug-likeness (QED) is 0.823. The molecule has 86 valence electrons. The predicted octanol–water partition coefficient (Wildman–Crippen LogP) is 2.81. The Kier molecular flexibility index (Phi) is 4.04. The molecule has 0 fully saturated rings. The first-order valence-corrected chi connectivity index (χ1v) is 4.89. The topological polar surface area (TPSA) is 66.8 Å². The largest absolute Gasteiger partial charge is 0.503 e. The Labute approximate surface area is 102 Å². The van der Waals surface area contributed by atoms with E-state index in [1.165, 1.54) is 19.3 Å². The summed E-state index contributed by atoms with van der Waals surface area (Å²) in [5.41, 5.74) is 0.226. The van der Waals surface area contributed by atoms with E-state index in [1.807, 2.05) is 0 Å². The van der Waals surface area contributed by atoms with E-state index in [2.05, 4.69) is 0 Å². The summed E-state index contributed by atoms with van der Waals surface area (Å²) in [7, 11) is 1.36. The summed E-state index contributed by atoms with van der Waals surface area (Å²) in [6, 6.07) is 1.35. The number of carboxylic acids is 1. The number of carbonyl (C=O) groups is 1. The van der Waals surface area contributed by atoms with Crippen molar-refractivity contribution < 1.29 is 19.7 Å². The molecule has 4 nitrogen and oxygen atoms in total. The highest BCUT2D eigenvalue weighted by molar-refractivity contribution is 6.38. The average molecular weight is 263 g/mol. The summed E-state index contributed by atoms with van der Waals surface area (Å²) in [5.74, 6) is -1.29. The molecule has 0 atom stereocenters. The van der Waals surface area contributed by atoms with Crippen molar-refractivity contribution in [3.8, 4) is 11.5 Å². The van der Waals surface area contributed by atoms with E-state index in [4.69, 9.17) is 33.0 Å². The lowest BCUT2D eigenvalue weighted by molar-refractivity contribution is -0.131. The first-order chi connectivity index (χ1) is 7.47. The smallest absolute Gasteiger partial charge is 0.328 e. The Bertz CT molecular complexity index is 455. The van der Waals surface area contributed by atoms with E-state index >= 15 is 0 Å². The molecule has 16 heavy (non-hydrogen) atoms. The van der Waals surface area contributed by atoms with Gasteiger partial charge in [0.25, 0.3) is 0 Å². The number of ether oxygens (including phenoxy) is 1. The first kappa shape index (κ1) is 12.7. The zero-order valence-corrected chi connectivity index (χ0v) is 9.71. The van der Waals surface area contributed by atoms with Crippen LogP contribution in [0.3, 0.4) is 0 Å². The number of aromatic hydroxyl groups is 1. The van der Waals surface area contributed by atoms with Crippen LogP contribution in [-0.4, -0.2) is 23.3 Å². The molecule has 0 aliphatic rings. The molecule has 1 rings (SSSR count). The van der Waals surface area contributed by atoms with E-state index in [9.17, 15) is 9.90 Å². The molecule has 0 aliphatic heterocycles. The highest BCUT2D eigenvalue weighted by Gasteiger charge is 2.14. The first-order valence-electron chi connectivity index (χ1n) is 4.13. The maximum atomic E-state index is 10.3. The van der Waals surface area contributed by atoms with E-state index in [0.717, 1.165) is 6.08 Å². The number of phenols is 1. The van der Waals surface area contributed by atoms with Crippen LogP contribution < -0.4 is 4.74 Å². The molecule has 1 aromatic rings. The molecule has 0 spiro atoms. The Hall–Kier alpha value is -1.39. The van der Waals surface area contributed by atoms with Gasteiger partial charge in [0.15, 0.2) is 11.5 Å². The summed E-state index contributed by atoms with van der Waals surface area (Å²) in [5, 5.41) is 18.2. The summed E-state index contributed by atoms with van der Waals surface area (Å²) >= 11 is 11.7. The maximum Gasteiger partial charge on any atom is 0.328 e. The van der Waals surface area contributed by atoms with Crippen LogP contribution in [0.4, 0.5) is 0 Å². The second kappa shape index (κ2) is 5.09. The average Bonchev–Trinajstić information content (AvgIpc) is 2.22. The van der Waals surface area contributed by atoms with Gasteiger partial charge in [0.2, 0.25) is 0 Å². The van der Waals surface area contributed by atoms with E-state index in [-0.39, 0.29) is 27.1 Å². The maximum absolute atomic E-state index is 10.3. The van der Waals surface area contributed by atoms with Crippen molar-refractivity contribution >= 4 is 35.2 Å². The minimum absolute atomic E-state index is 0.0538. The summed E-state index contributed by atoms with van der Waals surface area (Å²) in [6.07, 6.45) is 2.07. The molecule has 0 aromatic heterocycles. The molecule has 0 bridgehead atoms. The number of carboxylic acid groups (broad SMARTS) is 1. The predicted molar refractivity (Wildman–Crippen MR) is 61.3 cm³/mol. The number of rotatable bonds is 3. The van der Waals surface area contributed by atoms with Crippen LogP contribution in [-0.2, 0) is 4.79 Å². The van der Waals surface area contributed by atoms with Gasteiger partial charge in [-0.3, -0.25) is 0 Å². The molecule has 0 heterocycles. The lowest BCUT2D eigenvalue weighted by Crippen LogP contribution is -1.89. The molecule has 0 unspecified atom stereocenters. The third-order valence-electron chi connectivity index (χ3n) is 1.81. The van der Waals surface area contributed by atoms with Gasteiger partial charge < -0.3 is 14.9 Å². The van der Waals surface area contributed by atoms with Crippen molar-refractivity contribution in [1.82, 2.24) is 0 Å². The molecule has 0 saturated heterocycles. The third-order valence-corrected chi connectivity index (χ3v) is 2.50. The second-order valence-electron chi connectivity index (χ2n) is 2.81. The fourth-order valence-electron chi connectivity index (χ4n) is 1.06. The van der Waals surface area contributed by atoms with Crippen molar-refractivity contribution in [3.63, 3.8) is 0 Å². The Morgan fingerprint density at radius 2 is 2.12 bits per heavy atom. The van der Waals surface area contributed by atoms with E-state index in [1.54, 1.807) is 0 Å². The number of phenolic OH excluding ortho intramolecular Hbond substituents is 1. The fourth-order valence-corrected chi connectivity index (χ4v) is 1.63. The third kappa shape index (κ3) is 2.59. The van der Waals surface area contributed by atoms with Gasteiger partial charge in [-0.05, 0) is 6.08 Å². The minimum atomic E-state index is -1.14. The van der Waals surface area contributed by atoms with Crippen molar-refractivity contribution in [2.45, 2.75) is 0 Å². The van der Waals surface area contributed by atoms with Crippen molar-refractivity contribution in [2.24, 2.45) is 0 Å². The fraction of sp³-hybridized carbons (Fsp3) is 0.100. The van der Waals surface area contributed by atoms with Gasteiger partial charge in [-0.25, -0.2) is 4.79 Å². The molecule has 6 heteroatoms. The lowest BCUT2D eigenvalue weighted by atomic mass is 10.2. The van der Waals surface area contributed by atoms with Crippen LogP contribution in [0.25, 0.3) is 6.08 Å². The highest BCUT2D eigenvalue weighted by atomic mass is 35.5. The zero-order chi connectivity index (χ0) is 12.3. The van der Waals surface area contributed by atoms with Gasteiger partial charge >= 0.3 is 5.97 Å². The number of benzene rings is 1. The normalized spacial score (nSPS) is 10.7. The van der Waals surface area contributed by atoms with Crippen LogP contribution in [0.2, 0.25) is 10.0 Å². The van der Waals surface area contributed by atoms with Gasteiger partial charge in [0, 0.05) is 17.7 Å². The van der Waals surface area contributed by atoms with Gasteiger partial charge in [-0.2, -0.15) is 0 Å². The number of halogens is 2.